The first-order chi connectivity index (χ1) is 7.56. The normalized spacial score (nSPS) is 11.9. The van der Waals surface area contributed by atoms with E-state index in [2.05, 4.69) is 15.3 Å². The molecule has 0 spiro atoms. The Morgan fingerprint density at radius 1 is 1.69 bits per heavy atom. The molecule has 16 heavy (non-hydrogen) atoms. The number of amides is 1. The first-order valence-corrected chi connectivity index (χ1v) is 5.04. The molecule has 3 N–H and O–H groups in total. The summed E-state index contributed by atoms with van der Waals surface area (Å²) in [4.78, 5) is 21.1. The Morgan fingerprint density at radius 2 is 2.38 bits per heavy atom. The van der Waals surface area contributed by atoms with Gasteiger partial charge in [0.2, 0.25) is 5.91 Å². The van der Waals surface area contributed by atoms with E-state index in [0.717, 1.165) is 0 Å². The van der Waals surface area contributed by atoms with Crippen molar-refractivity contribution in [2.45, 2.75) is 6.92 Å². The Hall–Kier alpha value is -1.85. The van der Waals surface area contributed by atoms with Gasteiger partial charge >= 0.3 is 0 Å². The maximum atomic E-state index is 11.4. The lowest BCUT2D eigenvalue weighted by molar-refractivity contribution is -0.123. The number of nitrogens with zero attached hydrogens (tertiary/aromatic N) is 3. The molecular weight excluding hydrogens is 206 g/mol. The number of anilines is 2. The molecule has 1 aromatic rings. The smallest absolute Gasteiger partial charge is 0.224 e. The highest BCUT2D eigenvalue weighted by atomic mass is 16.1. The third kappa shape index (κ3) is 2.82. The Balaban J connectivity index is 2.69. The number of hydrogen-bond donors (Lipinski definition) is 2. The van der Waals surface area contributed by atoms with Crippen molar-refractivity contribution in [2.75, 3.05) is 31.3 Å². The number of nitrogens with two attached hydrogens (primary N) is 1. The summed E-state index contributed by atoms with van der Waals surface area (Å²) in [5, 5.41) is 2.61. The summed E-state index contributed by atoms with van der Waals surface area (Å²) in [5.74, 6) is 0.523. The highest BCUT2D eigenvalue weighted by molar-refractivity contribution is 5.78. The second kappa shape index (κ2) is 5.29. The van der Waals surface area contributed by atoms with Crippen LogP contribution in [0, 0.1) is 5.92 Å². The minimum Gasteiger partial charge on any atom is -0.394 e. The number of aromatic nitrogens is 2. The zero-order valence-electron chi connectivity index (χ0n) is 9.77. The van der Waals surface area contributed by atoms with Crippen molar-refractivity contribution in [3.05, 3.63) is 12.5 Å². The maximum absolute atomic E-state index is 11.4. The molecule has 88 valence electrons. The molecule has 0 radical (unpaired) electrons. The van der Waals surface area contributed by atoms with Crippen LogP contribution >= 0.6 is 0 Å². The highest BCUT2D eigenvalue weighted by Gasteiger charge is 2.15. The van der Waals surface area contributed by atoms with E-state index in [-0.39, 0.29) is 11.8 Å². The summed E-state index contributed by atoms with van der Waals surface area (Å²) in [6, 6.07) is 0. The molecule has 1 rings (SSSR count). The molecule has 6 heteroatoms. The zero-order valence-corrected chi connectivity index (χ0v) is 9.77. The maximum Gasteiger partial charge on any atom is 0.224 e. The SMILES string of the molecule is CNC(=O)C(C)CN(C)c1ncncc1N. The molecule has 1 amide bonds. The average molecular weight is 223 g/mol. The van der Waals surface area contributed by atoms with Crippen molar-refractivity contribution in [3.8, 4) is 0 Å². The van der Waals surface area contributed by atoms with E-state index in [4.69, 9.17) is 5.73 Å². The van der Waals surface area contributed by atoms with E-state index in [1.54, 1.807) is 13.2 Å². The van der Waals surface area contributed by atoms with Crippen LogP contribution in [0.25, 0.3) is 0 Å². The number of carbonyl (C=O) groups is 1. The summed E-state index contributed by atoms with van der Waals surface area (Å²) in [5.41, 5.74) is 6.25. The molecule has 0 saturated heterocycles. The average Bonchev–Trinajstić information content (AvgIpc) is 2.28. The first kappa shape index (κ1) is 12.2. The molecular formula is C10H17N5O. The molecule has 0 fully saturated rings. The van der Waals surface area contributed by atoms with Gasteiger partial charge in [-0.2, -0.15) is 0 Å². The van der Waals surface area contributed by atoms with Gasteiger partial charge in [-0.1, -0.05) is 6.92 Å². The molecule has 1 aromatic heterocycles. The summed E-state index contributed by atoms with van der Waals surface area (Å²) >= 11 is 0. The molecule has 0 aliphatic carbocycles. The summed E-state index contributed by atoms with van der Waals surface area (Å²) in [6.07, 6.45) is 2.98. The Morgan fingerprint density at radius 3 is 2.94 bits per heavy atom. The van der Waals surface area contributed by atoms with Gasteiger partial charge in [-0.3, -0.25) is 4.79 Å². The molecule has 0 aromatic carbocycles. The fourth-order valence-corrected chi connectivity index (χ4v) is 1.48. The van der Waals surface area contributed by atoms with Gasteiger partial charge in [-0.15, -0.1) is 0 Å². The Labute approximate surface area is 94.9 Å². The van der Waals surface area contributed by atoms with Crippen LogP contribution in [-0.4, -0.2) is 36.5 Å². The Kier molecular flexibility index (Phi) is 4.04. The lowest BCUT2D eigenvalue weighted by Gasteiger charge is -2.22. The standard InChI is InChI=1S/C10H17N5O/c1-7(10(16)12-2)5-15(3)9-8(11)4-13-6-14-9/h4,6-7H,5,11H2,1-3H3,(H,12,16). The van der Waals surface area contributed by atoms with Crippen LogP contribution in [0.2, 0.25) is 0 Å². The predicted octanol–water partition coefficient (Wildman–Crippen LogP) is -0.123. The van der Waals surface area contributed by atoms with Gasteiger partial charge in [-0.25, -0.2) is 9.97 Å². The quantitative estimate of drug-likeness (QED) is 0.743. The van der Waals surface area contributed by atoms with Gasteiger partial charge in [0.15, 0.2) is 5.82 Å². The molecule has 0 aliphatic heterocycles. The number of rotatable bonds is 4. The van der Waals surface area contributed by atoms with Gasteiger partial charge in [0, 0.05) is 20.6 Å². The van der Waals surface area contributed by atoms with E-state index < -0.39 is 0 Å². The molecule has 1 atom stereocenters. The van der Waals surface area contributed by atoms with Gasteiger partial charge in [-0.05, 0) is 0 Å². The van der Waals surface area contributed by atoms with Crippen LogP contribution in [0.15, 0.2) is 12.5 Å². The minimum atomic E-state index is -0.121. The van der Waals surface area contributed by atoms with E-state index >= 15 is 0 Å². The molecule has 1 heterocycles. The third-order valence-corrected chi connectivity index (χ3v) is 2.32. The topological polar surface area (TPSA) is 84.1 Å². The van der Waals surface area contributed by atoms with Gasteiger partial charge < -0.3 is 16.0 Å². The summed E-state index contributed by atoms with van der Waals surface area (Å²) < 4.78 is 0. The fraction of sp³-hybridized carbons (Fsp3) is 0.500. The second-order valence-electron chi connectivity index (χ2n) is 3.70. The van der Waals surface area contributed by atoms with Gasteiger partial charge in [0.05, 0.1) is 17.8 Å². The van der Waals surface area contributed by atoms with Crippen LogP contribution in [-0.2, 0) is 4.79 Å². The second-order valence-corrected chi connectivity index (χ2v) is 3.70. The van der Waals surface area contributed by atoms with E-state index in [9.17, 15) is 4.79 Å². The number of hydrogen-bond acceptors (Lipinski definition) is 5. The van der Waals surface area contributed by atoms with Crippen molar-refractivity contribution < 1.29 is 4.79 Å². The van der Waals surface area contributed by atoms with Crippen LogP contribution < -0.4 is 16.0 Å². The van der Waals surface area contributed by atoms with Gasteiger partial charge in [0.25, 0.3) is 0 Å². The lowest BCUT2D eigenvalue weighted by atomic mass is 10.1. The number of nitrogen functional groups attached to an aromatic ring is 1. The van der Waals surface area contributed by atoms with Crippen molar-refractivity contribution in [3.63, 3.8) is 0 Å². The van der Waals surface area contributed by atoms with Crippen molar-refractivity contribution >= 4 is 17.4 Å². The van der Waals surface area contributed by atoms with Gasteiger partial charge in [0.1, 0.15) is 6.33 Å². The zero-order chi connectivity index (χ0) is 12.1. The van der Waals surface area contributed by atoms with Crippen LogP contribution in [0.3, 0.4) is 0 Å². The lowest BCUT2D eigenvalue weighted by Crippen LogP contribution is -2.35. The van der Waals surface area contributed by atoms with E-state index in [0.29, 0.717) is 18.1 Å². The Bertz CT molecular complexity index is 368. The molecule has 1 unspecified atom stereocenters. The van der Waals surface area contributed by atoms with Crippen LogP contribution in [0.5, 0.6) is 0 Å². The van der Waals surface area contributed by atoms with Crippen molar-refractivity contribution in [2.24, 2.45) is 5.92 Å². The minimum absolute atomic E-state index is 0.000484. The van der Waals surface area contributed by atoms with Crippen molar-refractivity contribution in [1.29, 1.82) is 0 Å². The number of carbonyl (C=O) groups excluding carboxylic acids is 1. The highest BCUT2D eigenvalue weighted by Crippen LogP contribution is 2.17. The first-order valence-electron chi connectivity index (χ1n) is 5.04. The predicted molar refractivity (Wildman–Crippen MR) is 62.9 cm³/mol. The van der Waals surface area contributed by atoms with Crippen molar-refractivity contribution in [1.82, 2.24) is 15.3 Å². The molecule has 0 aliphatic rings. The molecule has 0 saturated carbocycles. The monoisotopic (exact) mass is 223 g/mol. The number of nitrogens with one attached hydrogen (secondary N) is 1. The van der Waals surface area contributed by atoms with E-state index in [1.807, 2.05) is 18.9 Å². The molecule has 0 bridgehead atoms. The summed E-state index contributed by atoms with van der Waals surface area (Å²) in [7, 11) is 3.47. The fourth-order valence-electron chi connectivity index (χ4n) is 1.48. The third-order valence-electron chi connectivity index (χ3n) is 2.32. The molecule has 6 nitrogen and oxygen atoms in total. The summed E-state index contributed by atoms with van der Waals surface area (Å²) in [6.45, 7) is 2.41. The van der Waals surface area contributed by atoms with Crippen LogP contribution in [0.4, 0.5) is 11.5 Å². The van der Waals surface area contributed by atoms with E-state index in [1.165, 1.54) is 6.33 Å². The van der Waals surface area contributed by atoms with Crippen LogP contribution in [0.1, 0.15) is 6.92 Å². The largest absolute Gasteiger partial charge is 0.394 e.